The van der Waals surface area contributed by atoms with E-state index in [1.165, 1.54) is 0 Å². The van der Waals surface area contributed by atoms with E-state index in [1.807, 2.05) is 18.2 Å². The van der Waals surface area contributed by atoms with Crippen molar-refractivity contribution >= 4 is 5.97 Å². The predicted molar refractivity (Wildman–Crippen MR) is 54.8 cm³/mol. The molecule has 1 rings (SSSR count). The minimum Gasteiger partial charge on any atom is -0.488 e. The summed E-state index contributed by atoms with van der Waals surface area (Å²) in [4.78, 5) is 10.4. The third-order valence-corrected chi connectivity index (χ3v) is 1.99. The maximum absolute atomic E-state index is 10.4. The van der Waals surface area contributed by atoms with Gasteiger partial charge >= 0.3 is 5.97 Å². The molecule has 0 saturated carbocycles. The first kappa shape index (κ1) is 11.5. The molecule has 0 fully saturated rings. The van der Waals surface area contributed by atoms with Gasteiger partial charge in [0.1, 0.15) is 18.0 Å². The van der Waals surface area contributed by atoms with Crippen LogP contribution in [0.25, 0.3) is 0 Å². The standard InChI is InChI=1S/C11H14O4/c1-8(10(12)7-11(13)14)15-9-5-3-2-4-6-9/h2-6,8,10,12H,7H2,1H3,(H,13,14). The number of carboxylic acid groups (broad SMARTS) is 1. The number of rotatable bonds is 5. The lowest BCUT2D eigenvalue weighted by Gasteiger charge is -2.18. The van der Waals surface area contributed by atoms with E-state index in [9.17, 15) is 9.90 Å². The summed E-state index contributed by atoms with van der Waals surface area (Å²) in [5.74, 6) is -0.416. The summed E-state index contributed by atoms with van der Waals surface area (Å²) in [6.45, 7) is 1.64. The monoisotopic (exact) mass is 210 g/mol. The molecule has 0 amide bonds. The second-order valence-corrected chi connectivity index (χ2v) is 3.30. The lowest BCUT2D eigenvalue weighted by atomic mass is 10.1. The average molecular weight is 210 g/mol. The van der Waals surface area contributed by atoms with Crippen LogP contribution in [0.4, 0.5) is 0 Å². The second-order valence-electron chi connectivity index (χ2n) is 3.30. The molecule has 0 aliphatic carbocycles. The highest BCUT2D eigenvalue weighted by atomic mass is 16.5. The molecule has 0 radical (unpaired) electrons. The minimum absolute atomic E-state index is 0.312. The Balaban J connectivity index is 2.48. The lowest BCUT2D eigenvalue weighted by molar-refractivity contribution is -0.140. The molecule has 15 heavy (non-hydrogen) atoms. The molecule has 2 N–H and O–H groups in total. The van der Waals surface area contributed by atoms with Gasteiger partial charge in [-0.3, -0.25) is 4.79 Å². The zero-order valence-corrected chi connectivity index (χ0v) is 8.46. The molecule has 1 aromatic rings. The van der Waals surface area contributed by atoms with E-state index in [0.717, 1.165) is 0 Å². The molecule has 0 saturated heterocycles. The molecule has 4 heteroatoms. The van der Waals surface area contributed by atoms with Gasteiger partial charge in [0.05, 0.1) is 6.42 Å². The largest absolute Gasteiger partial charge is 0.488 e. The maximum Gasteiger partial charge on any atom is 0.306 e. The Labute approximate surface area is 88.1 Å². The fourth-order valence-corrected chi connectivity index (χ4v) is 1.14. The van der Waals surface area contributed by atoms with Crippen LogP contribution in [0, 0.1) is 0 Å². The number of aliphatic hydroxyl groups excluding tert-OH is 1. The van der Waals surface area contributed by atoms with Crippen molar-refractivity contribution in [2.75, 3.05) is 0 Å². The van der Waals surface area contributed by atoms with Crippen LogP contribution in [0.1, 0.15) is 13.3 Å². The van der Waals surface area contributed by atoms with Gasteiger partial charge in [0.2, 0.25) is 0 Å². The van der Waals surface area contributed by atoms with Crippen LogP contribution < -0.4 is 4.74 Å². The van der Waals surface area contributed by atoms with Gasteiger partial charge < -0.3 is 14.9 Å². The van der Waals surface area contributed by atoms with E-state index in [4.69, 9.17) is 9.84 Å². The normalized spacial score (nSPS) is 14.3. The third-order valence-electron chi connectivity index (χ3n) is 1.99. The zero-order valence-electron chi connectivity index (χ0n) is 8.46. The molecule has 2 unspecified atom stereocenters. The van der Waals surface area contributed by atoms with E-state index in [0.29, 0.717) is 5.75 Å². The summed E-state index contributed by atoms with van der Waals surface area (Å²) >= 11 is 0. The molecule has 82 valence electrons. The molecule has 0 aliphatic rings. The molecule has 0 spiro atoms. The number of hydrogen-bond donors (Lipinski definition) is 2. The van der Waals surface area contributed by atoms with Crippen molar-refractivity contribution in [3.63, 3.8) is 0 Å². The van der Waals surface area contributed by atoms with Crippen molar-refractivity contribution in [1.29, 1.82) is 0 Å². The van der Waals surface area contributed by atoms with Crippen LogP contribution in [0.3, 0.4) is 0 Å². The first-order valence-electron chi connectivity index (χ1n) is 4.71. The Bertz CT molecular complexity index is 310. The topological polar surface area (TPSA) is 66.8 Å². The van der Waals surface area contributed by atoms with Crippen LogP contribution in [0.15, 0.2) is 30.3 Å². The van der Waals surface area contributed by atoms with Crippen LogP contribution in [0.5, 0.6) is 5.75 Å². The number of carbonyl (C=O) groups is 1. The van der Waals surface area contributed by atoms with Crippen LogP contribution in [-0.4, -0.2) is 28.4 Å². The summed E-state index contributed by atoms with van der Waals surface area (Å²) in [6.07, 6.45) is -1.85. The van der Waals surface area contributed by atoms with Crippen molar-refractivity contribution in [3.05, 3.63) is 30.3 Å². The van der Waals surface area contributed by atoms with E-state index in [2.05, 4.69) is 0 Å². The van der Waals surface area contributed by atoms with Gasteiger partial charge in [-0.2, -0.15) is 0 Å². The van der Waals surface area contributed by atoms with Gasteiger partial charge in [0.25, 0.3) is 0 Å². The molecule has 2 atom stereocenters. The summed E-state index contributed by atoms with van der Waals surface area (Å²) in [5.41, 5.74) is 0. The second kappa shape index (κ2) is 5.36. The summed E-state index contributed by atoms with van der Waals surface area (Å²) in [6, 6.07) is 8.98. The highest BCUT2D eigenvalue weighted by molar-refractivity contribution is 5.67. The fourth-order valence-electron chi connectivity index (χ4n) is 1.14. The first-order chi connectivity index (χ1) is 7.09. The number of carboxylic acids is 1. The predicted octanol–water partition coefficient (Wildman–Crippen LogP) is 1.29. The quantitative estimate of drug-likeness (QED) is 0.768. The molecule has 1 aromatic carbocycles. The fraction of sp³-hybridized carbons (Fsp3) is 0.364. The number of aliphatic hydroxyl groups is 1. The van der Waals surface area contributed by atoms with Gasteiger partial charge in [-0.15, -0.1) is 0 Å². The van der Waals surface area contributed by atoms with E-state index in [1.54, 1.807) is 19.1 Å². The molecule has 0 aliphatic heterocycles. The molecular weight excluding hydrogens is 196 g/mol. The Kier molecular flexibility index (Phi) is 4.12. The summed E-state index contributed by atoms with van der Waals surface area (Å²) < 4.78 is 5.36. The Hall–Kier alpha value is -1.55. The average Bonchev–Trinajstić information content (AvgIpc) is 2.18. The van der Waals surface area contributed by atoms with E-state index in [-0.39, 0.29) is 6.42 Å². The van der Waals surface area contributed by atoms with Crippen molar-refractivity contribution in [2.24, 2.45) is 0 Å². The Morgan fingerprint density at radius 2 is 2.00 bits per heavy atom. The minimum atomic E-state index is -1.04. The number of ether oxygens (including phenoxy) is 1. The molecule has 0 heterocycles. The van der Waals surface area contributed by atoms with Gasteiger partial charge in [-0.05, 0) is 19.1 Å². The van der Waals surface area contributed by atoms with Crippen molar-refractivity contribution in [1.82, 2.24) is 0 Å². The zero-order chi connectivity index (χ0) is 11.3. The number of para-hydroxylation sites is 1. The SMILES string of the molecule is CC(Oc1ccccc1)C(O)CC(=O)O. The number of hydrogen-bond acceptors (Lipinski definition) is 3. The van der Waals surface area contributed by atoms with E-state index >= 15 is 0 Å². The number of aliphatic carboxylic acids is 1. The van der Waals surface area contributed by atoms with Gasteiger partial charge in [0, 0.05) is 0 Å². The van der Waals surface area contributed by atoms with Gasteiger partial charge in [-0.1, -0.05) is 18.2 Å². The molecule has 0 bridgehead atoms. The van der Waals surface area contributed by atoms with Crippen LogP contribution in [0.2, 0.25) is 0 Å². The molecule has 4 nitrogen and oxygen atoms in total. The summed E-state index contributed by atoms with van der Waals surface area (Å²) in [7, 11) is 0. The van der Waals surface area contributed by atoms with Crippen molar-refractivity contribution in [3.8, 4) is 5.75 Å². The van der Waals surface area contributed by atoms with Crippen molar-refractivity contribution in [2.45, 2.75) is 25.6 Å². The summed E-state index contributed by atoms with van der Waals surface area (Å²) in [5, 5.41) is 17.9. The maximum atomic E-state index is 10.4. The third kappa shape index (κ3) is 3.99. The highest BCUT2D eigenvalue weighted by Crippen LogP contribution is 2.13. The van der Waals surface area contributed by atoms with Gasteiger partial charge in [0.15, 0.2) is 0 Å². The Morgan fingerprint density at radius 1 is 1.40 bits per heavy atom. The highest BCUT2D eigenvalue weighted by Gasteiger charge is 2.18. The molecule has 0 aromatic heterocycles. The number of benzene rings is 1. The lowest BCUT2D eigenvalue weighted by Crippen LogP contribution is -2.30. The van der Waals surface area contributed by atoms with E-state index < -0.39 is 18.2 Å². The van der Waals surface area contributed by atoms with Crippen LogP contribution >= 0.6 is 0 Å². The molecular formula is C11H14O4. The first-order valence-corrected chi connectivity index (χ1v) is 4.71. The Morgan fingerprint density at radius 3 is 2.53 bits per heavy atom. The van der Waals surface area contributed by atoms with Crippen molar-refractivity contribution < 1.29 is 19.7 Å². The van der Waals surface area contributed by atoms with Gasteiger partial charge in [-0.25, -0.2) is 0 Å². The smallest absolute Gasteiger partial charge is 0.306 e. The van der Waals surface area contributed by atoms with Crippen LogP contribution in [-0.2, 0) is 4.79 Å².